The second kappa shape index (κ2) is 7.50. The van der Waals surface area contributed by atoms with Gasteiger partial charge >= 0.3 is 0 Å². The first-order chi connectivity index (χ1) is 6.99. The van der Waals surface area contributed by atoms with Crippen LogP contribution in [0.5, 0.6) is 0 Å². The number of hydrogen-bond donors (Lipinski definition) is 2. The molecule has 0 aliphatic heterocycles. The van der Waals surface area contributed by atoms with Gasteiger partial charge in [0.1, 0.15) is 9.84 Å². The highest BCUT2D eigenvalue weighted by Gasteiger charge is 2.02. The average molecular weight is 235 g/mol. The molecule has 0 amide bonds. The Morgan fingerprint density at radius 1 is 1.27 bits per heavy atom. The molecule has 15 heavy (non-hydrogen) atoms. The Morgan fingerprint density at radius 3 is 2.33 bits per heavy atom. The highest BCUT2D eigenvalue weighted by Crippen LogP contribution is 1.83. The first-order valence-corrected chi connectivity index (χ1v) is 7.18. The van der Waals surface area contributed by atoms with Crippen LogP contribution in [0.15, 0.2) is 4.99 Å². The van der Waals surface area contributed by atoms with Crippen molar-refractivity contribution in [2.75, 3.05) is 32.1 Å². The third kappa shape index (κ3) is 9.52. The van der Waals surface area contributed by atoms with Gasteiger partial charge in [0.05, 0.1) is 5.75 Å². The molecule has 0 heterocycles. The molecule has 0 saturated heterocycles. The second-order valence-corrected chi connectivity index (χ2v) is 5.67. The van der Waals surface area contributed by atoms with Crippen molar-refractivity contribution in [3.8, 4) is 0 Å². The van der Waals surface area contributed by atoms with Gasteiger partial charge in [0.15, 0.2) is 5.96 Å². The second-order valence-electron chi connectivity index (χ2n) is 3.41. The Balaban J connectivity index is 3.73. The number of nitrogens with zero attached hydrogens (tertiary/aromatic N) is 1. The molecule has 0 aromatic carbocycles. The molecule has 0 aromatic rings. The van der Waals surface area contributed by atoms with Gasteiger partial charge in [-0.05, 0) is 6.42 Å². The zero-order chi connectivity index (χ0) is 11.7. The van der Waals surface area contributed by atoms with Crippen molar-refractivity contribution in [2.24, 2.45) is 4.99 Å². The molecule has 0 fully saturated rings. The van der Waals surface area contributed by atoms with Gasteiger partial charge in [0.2, 0.25) is 0 Å². The Kier molecular flexibility index (Phi) is 7.11. The largest absolute Gasteiger partial charge is 0.356 e. The molecular formula is C9H21N3O2S. The predicted molar refractivity (Wildman–Crippen MR) is 64.0 cm³/mol. The topological polar surface area (TPSA) is 70.6 Å². The highest BCUT2D eigenvalue weighted by atomic mass is 32.2. The van der Waals surface area contributed by atoms with Crippen molar-refractivity contribution < 1.29 is 8.42 Å². The maximum atomic E-state index is 10.9. The van der Waals surface area contributed by atoms with Crippen LogP contribution in [0.1, 0.15) is 19.8 Å². The Bertz CT molecular complexity index is 286. The number of hydrogen-bond acceptors (Lipinski definition) is 3. The minimum atomic E-state index is -2.90. The van der Waals surface area contributed by atoms with Crippen molar-refractivity contribution in [3.63, 3.8) is 0 Å². The molecule has 6 heteroatoms. The van der Waals surface area contributed by atoms with Crippen LogP contribution in [-0.4, -0.2) is 46.5 Å². The molecule has 0 saturated carbocycles. The minimum absolute atomic E-state index is 0.126. The van der Waals surface area contributed by atoms with Crippen LogP contribution in [0.4, 0.5) is 0 Å². The highest BCUT2D eigenvalue weighted by molar-refractivity contribution is 7.90. The van der Waals surface area contributed by atoms with Crippen LogP contribution in [0.3, 0.4) is 0 Å². The summed E-state index contributed by atoms with van der Waals surface area (Å²) in [6.07, 6.45) is 3.42. The fourth-order valence-electron chi connectivity index (χ4n) is 0.959. The van der Waals surface area contributed by atoms with E-state index < -0.39 is 9.84 Å². The molecule has 0 spiro atoms. The molecule has 5 nitrogen and oxygen atoms in total. The number of aliphatic imine (C=N–C) groups is 1. The van der Waals surface area contributed by atoms with Crippen LogP contribution in [0, 0.1) is 0 Å². The molecule has 0 unspecified atom stereocenters. The fourth-order valence-corrected chi connectivity index (χ4v) is 1.43. The van der Waals surface area contributed by atoms with Crippen LogP contribution in [0.2, 0.25) is 0 Å². The van der Waals surface area contributed by atoms with Crippen LogP contribution in [-0.2, 0) is 9.84 Å². The Hall–Kier alpha value is -0.780. The van der Waals surface area contributed by atoms with Crippen molar-refractivity contribution in [2.45, 2.75) is 19.8 Å². The van der Waals surface area contributed by atoms with Gasteiger partial charge in [-0.2, -0.15) is 0 Å². The predicted octanol–water partition coefficient (Wildman–Crippen LogP) is -0.00390. The van der Waals surface area contributed by atoms with E-state index in [4.69, 9.17) is 0 Å². The van der Waals surface area contributed by atoms with Gasteiger partial charge in [-0.1, -0.05) is 13.3 Å². The molecule has 2 N–H and O–H groups in total. The lowest BCUT2D eigenvalue weighted by Gasteiger charge is -2.10. The number of unbranched alkanes of at least 4 members (excludes halogenated alkanes) is 1. The fraction of sp³-hybridized carbons (Fsp3) is 0.889. The van der Waals surface area contributed by atoms with E-state index in [-0.39, 0.29) is 5.75 Å². The van der Waals surface area contributed by atoms with Gasteiger partial charge < -0.3 is 10.6 Å². The van der Waals surface area contributed by atoms with Gasteiger partial charge in [-0.15, -0.1) is 0 Å². The third-order valence-electron chi connectivity index (χ3n) is 1.81. The van der Waals surface area contributed by atoms with E-state index >= 15 is 0 Å². The lowest BCUT2D eigenvalue weighted by molar-refractivity contribution is 0.600. The van der Waals surface area contributed by atoms with Crippen molar-refractivity contribution in [1.82, 2.24) is 10.6 Å². The van der Waals surface area contributed by atoms with E-state index in [1.807, 2.05) is 0 Å². The van der Waals surface area contributed by atoms with Crippen molar-refractivity contribution >= 4 is 15.8 Å². The summed E-state index contributed by atoms with van der Waals surface area (Å²) < 4.78 is 21.7. The Morgan fingerprint density at radius 2 is 1.87 bits per heavy atom. The lowest BCUT2D eigenvalue weighted by Crippen LogP contribution is -2.39. The standard InChI is InChI=1S/C9H21N3O2S/c1-4-5-6-11-9(10-2)12-7-8-15(3,13)14/h4-8H2,1-3H3,(H2,10,11,12). The van der Waals surface area contributed by atoms with Crippen LogP contribution < -0.4 is 10.6 Å². The van der Waals surface area contributed by atoms with Gasteiger partial charge in [0.25, 0.3) is 0 Å². The monoisotopic (exact) mass is 235 g/mol. The molecule has 0 aliphatic rings. The lowest BCUT2D eigenvalue weighted by atomic mass is 10.3. The maximum absolute atomic E-state index is 10.9. The number of rotatable bonds is 6. The first kappa shape index (κ1) is 14.2. The molecular weight excluding hydrogens is 214 g/mol. The summed E-state index contributed by atoms with van der Waals surface area (Å²) in [5.41, 5.74) is 0. The van der Waals surface area contributed by atoms with Crippen LogP contribution >= 0.6 is 0 Å². The number of guanidine groups is 1. The summed E-state index contributed by atoms with van der Waals surface area (Å²) >= 11 is 0. The number of sulfone groups is 1. The molecule has 0 rings (SSSR count). The van der Waals surface area contributed by atoms with E-state index in [2.05, 4.69) is 22.5 Å². The molecule has 0 aromatic heterocycles. The summed E-state index contributed by atoms with van der Waals surface area (Å²) in [6, 6.07) is 0. The van der Waals surface area contributed by atoms with Gasteiger partial charge in [-0.3, -0.25) is 4.99 Å². The van der Waals surface area contributed by atoms with Crippen molar-refractivity contribution in [3.05, 3.63) is 0 Å². The van der Waals surface area contributed by atoms with E-state index in [1.54, 1.807) is 7.05 Å². The summed E-state index contributed by atoms with van der Waals surface area (Å²) in [5.74, 6) is 0.786. The zero-order valence-electron chi connectivity index (χ0n) is 9.71. The molecule has 90 valence electrons. The van der Waals surface area contributed by atoms with Gasteiger partial charge in [0, 0.05) is 26.4 Å². The van der Waals surface area contributed by atoms with E-state index in [9.17, 15) is 8.42 Å². The SMILES string of the molecule is CCCCNC(=NC)NCCS(C)(=O)=O. The molecule has 0 radical (unpaired) electrons. The maximum Gasteiger partial charge on any atom is 0.191 e. The smallest absolute Gasteiger partial charge is 0.191 e. The number of nitrogens with one attached hydrogen (secondary N) is 2. The zero-order valence-corrected chi connectivity index (χ0v) is 10.5. The van der Waals surface area contributed by atoms with E-state index in [0.717, 1.165) is 19.4 Å². The average Bonchev–Trinajstić information content (AvgIpc) is 2.14. The molecule has 0 aliphatic carbocycles. The summed E-state index contributed by atoms with van der Waals surface area (Å²) in [6.45, 7) is 3.36. The van der Waals surface area contributed by atoms with Crippen LogP contribution in [0.25, 0.3) is 0 Å². The van der Waals surface area contributed by atoms with E-state index in [1.165, 1.54) is 6.26 Å². The molecule has 0 bridgehead atoms. The summed E-state index contributed by atoms with van der Waals surface area (Å²) in [7, 11) is -1.23. The summed E-state index contributed by atoms with van der Waals surface area (Å²) in [5, 5.41) is 6.05. The van der Waals surface area contributed by atoms with E-state index in [0.29, 0.717) is 12.5 Å². The van der Waals surface area contributed by atoms with Crippen molar-refractivity contribution in [1.29, 1.82) is 0 Å². The minimum Gasteiger partial charge on any atom is -0.356 e. The quantitative estimate of drug-likeness (QED) is 0.386. The summed E-state index contributed by atoms with van der Waals surface area (Å²) in [4.78, 5) is 3.98. The normalized spacial score (nSPS) is 12.6. The Labute approximate surface area is 92.3 Å². The van der Waals surface area contributed by atoms with Gasteiger partial charge in [-0.25, -0.2) is 8.42 Å². The molecule has 0 atom stereocenters. The first-order valence-electron chi connectivity index (χ1n) is 5.12. The third-order valence-corrected chi connectivity index (χ3v) is 2.76.